The molecule has 0 radical (unpaired) electrons. The minimum absolute atomic E-state index is 0.478. The summed E-state index contributed by atoms with van der Waals surface area (Å²) in [4.78, 5) is 4.42. The summed E-state index contributed by atoms with van der Waals surface area (Å²) in [7, 11) is 0. The molecule has 2 rings (SSSR count). The Morgan fingerprint density at radius 1 is 1.12 bits per heavy atom. The Balaban J connectivity index is 2.21. The van der Waals surface area contributed by atoms with Crippen LogP contribution in [-0.2, 0) is 0 Å². The highest BCUT2D eigenvalue weighted by atomic mass is 16.3. The predicted molar refractivity (Wildman–Crippen MR) is 69.3 cm³/mol. The van der Waals surface area contributed by atoms with Crippen molar-refractivity contribution in [3.05, 3.63) is 53.7 Å². The van der Waals surface area contributed by atoms with E-state index in [2.05, 4.69) is 10.3 Å². The van der Waals surface area contributed by atoms with E-state index >= 15 is 0 Å². The van der Waals surface area contributed by atoms with Crippen LogP contribution < -0.4 is 5.32 Å². The summed E-state index contributed by atoms with van der Waals surface area (Å²) in [5.74, 6) is 0.790. The van der Waals surface area contributed by atoms with Crippen LogP contribution in [0.5, 0.6) is 0 Å². The second-order valence-corrected chi connectivity index (χ2v) is 4.04. The van der Waals surface area contributed by atoms with Crippen LogP contribution in [0.1, 0.15) is 24.3 Å². The molecular formula is C14H16N2O. The fraction of sp³-hybridized carbons (Fsp3) is 0.214. The number of nitrogens with zero attached hydrogens (tertiary/aromatic N) is 1. The summed E-state index contributed by atoms with van der Waals surface area (Å²) in [5.41, 5.74) is 2.72. The third-order valence-electron chi connectivity index (χ3n) is 2.62. The van der Waals surface area contributed by atoms with Gasteiger partial charge in [0, 0.05) is 16.9 Å². The van der Waals surface area contributed by atoms with Gasteiger partial charge < -0.3 is 10.4 Å². The van der Waals surface area contributed by atoms with Gasteiger partial charge in [0.2, 0.25) is 0 Å². The van der Waals surface area contributed by atoms with Crippen molar-refractivity contribution in [3.63, 3.8) is 0 Å². The van der Waals surface area contributed by atoms with Gasteiger partial charge in [-0.1, -0.05) is 24.3 Å². The van der Waals surface area contributed by atoms with Crippen LogP contribution in [0.25, 0.3) is 0 Å². The molecule has 1 heterocycles. The molecule has 1 atom stereocenters. The van der Waals surface area contributed by atoms with Crippen LogP contribution in [0.2, 0.25) is 0 Å². The summed E-state index contributed by atoms with van der Waals surface area (Å²) in [5, 5.41) is 12.7. The Bertz CT molecular complexity index is 495. The Morgan fingerprint density at radius 2 is 1.82 bits per heavy atom. The maximum atomic E-state index is 9.52. The second kappa shape index (κ2) is 4.97. The highest BCUT2D eigenvalue weighted by Crippen LogP contribution is 2.20. The minimum Gasteiger partial charge on any atom is -0.389 e. The van der Waals surface area contributed by atoms with Crippen LogP contribution in [-0.4, -0.2) is 10.1 Å². The van der Waals surface area contributed by atoms with Gasteiger partial charge in [-0.15, -0.1) is 0 Å². The van der Waals surface area contributed by atoms with Gasteiger partial charge in [0.25, 0.3) is 0 Å². The smallest absolute Gasteiger partial charge is 0.130 e. The van der Waals surface area contributed by atoms with Gasteiger partial charge in [0.05, 0.1) is 6.10 Å². The summed E-state index contributed by atoms with van der Waals surface area (Å²) >= 11 is 0. The molecule has 3 nitrogen and oxygen atoms in total. The third kappa shape index (κ3) is 2.82. The number of aryl methyl sites for hydroxylation is 1. The zero-order valence-electron chi connectivity index (χ0n) is 10.0. The molecule has 0 amide bonds. The summed E-state index contributed by atoms with van der Waals surface area (Å²) in [6, 6.07) is 13.7. The number of aromatic nitrogens is 1. The van der Waals surface area contributed by atoms with Crippen LogP contribution in [0.15, 0.2) is 42.5 Å². The van der Waals surface area contributed by atoms with E-state index in [4.69, 9.17) is 0 Å². The van der Waals surface area contributed by atoms with Crippen LogP contribution in [0.3, 0.4) is 0 Å². The van der Waals surface area contributed by atoms with Crippen molar-refractivity contribution in [1.29, 1.82) is 0 Å². The number of aliphatic hydroxyl groups excluding tert-OH is 1. The molecule has 2 N–H and O–H groups in total. The lowest BCUT2D eigenvalue weighted by Gasteiger charge is -2.11. The lowest BCUT2D eigenvalue weighted by molar-refractivity contribution is 0.198. The molecule has 1 aromatic carbocycles. The van der Waals surface area contributed by atoms with E-state index in [9.17, 15) is 5.11 Å². The molecular weight excluding hydrogens is 212 g/mol. The molecule has 2 aromatic rings. The Kier molecular flexibility index (Phi) is 3.40. The van der Waals surface area contributed by atoms with E-state index in [0.29, 0.717) is 0 Å². The lowest BCUT2D eigenvalue weighted by Crippen LogP contribution is -2.00. The van der Waals surface area contributed by atoms with Crippen LogP contribution in [0, 0.1) is 6.92 Å². The van der Waals surface area contributed by atoms with E-state index in [1.807, 2.05) is 49.4 Å². The molecule has 1 unspecified atom stereocenters. The van der Waals surface area contributed by atoms with Crippen molar-refractivity contribution >= 4 is 11.5 Å². The van der Waals surface area contributed by atoms with E-state index in [-0.39, 0.29) is 0 Å². The van der Waals surface area contributed by atoms with Gasteiger partial charge in [0.1, 0.15) is 5.82 Å². The van der Waals surface area contributed by atoms with Crippen molar-refractivity contribution in [2.24, 2.45) is 0 Å². The van der Waals surface area contributed by atoms with Gasteiger partial charge in [-0.3, -0.25) is 0 Å². The molecule has 0 saturated carbocycles. The average molecular weight is 228 g/mol. The quantitative estimate of drug-likeness (QED) is 0.848. The number of hydrogen-bond acceptors (Lipinski definition) is 3. The van der Waals surface area contributed by atoms with E-state index in [0.717, 1.165) is 22.8 Å². The molecule has 17 heavy (non-hydrogen) atoms. The molecule has 0 aliphatic heterocycles. The summed E-state index contributed by atoms with van der Waals surface area (Å²) in [6.45, 7) is 3.65. The minimum atomic E-state index is -0.478. The van der Waals surface area contributed by atoms with Gasteiger partial charge in [-0.05, 0) is 32.0 Å². The van der Waals surface area contributed by atoms with E-state index in [1.165, 1.54) is 0 Å². The van der Waals surface area contributed by atoms with Gasteiger partial charge in [-0.2, -0.15) is 0 Å². The van der Waals surface area contributed by atoms with Crippen molar-refractivity contribution in [2.75, 3.05) is 5.32 Å². The first kappa shape index (κ1) is 11.6. The number of nitrogens with one attached hydrogen (secondary N) is 1. The molecule has 88 valence electrons. The van der Waals surface area contributed by atoms with Crippen molar-refractivity contribution in [1.82, 2.24) is 4.98 Å². The molecule has 0 bridgehead atoms. The predicted octanol–water partition coefficient (Wildman–Crippen LogP) is 3.19. The number of benzene rings is 1. The van der Waals surface area contributed by atoms with Crippen molar-refractivity contribution in [3.8, 4) is 0 Å². The normalized spacial score (nSPS) is 12.2. The number of hydrogen-bond donors (Lipinski definition) is 2. The SMILES string of the molecule is Cc1nc(Nc2ccccc2)ccc1C(C)O. The molecule has 0 aliphatic carbocycles. The molecule has 3 heteroatoms. The number of pyridine rings is 1. The summed E-state index contributed by atoms with van der Waals surface area (Å²) < 4.78 is 0. The number of rotatable bonds is 3. The van der Waals surface area contributed by atoms with Gasteiger partial charge in [-0.25, -0.2) is 4.98 Å². The van der Waals surface area contributed by atoms with E-state index in [1.54, 1.807) is 6.92 Å². The summed E-state index contributed by atoms with van der Waals surface area (Å²) in [6.07, 6.45) is -0.478. The van der Waals surface area contributed by atoms with Crippen LogP contribution >= 0.6 is 0 Å². The number of aliphatic hydroxyl groups is 1. The number of anilines is 2. The topological polar surface area (TPSA) is 45.2 Å². The maximum absolute atomic E-state index is 9.52. The molecule has 0 aliphatic rings. The fourth-order valence-corrected chi connectivity index (χ4v) is 1.75. The second-order valence-electron chi connectivity index (χ2n) is 4.04. The fourth-order valence-electron chi connectivity index (χ4n) is 1.75. The first-order valence-corrected chi connectivity index (χ1v) is 5.64. The van der Waals surface area contributed by atoms with Crippen molar-refractivity contribution < 1.29 is 5.11 Å². The Morgan fingerprint density at radius 3 is 2.41 bits per heavy atom. The molecule has 0 fully saturated rings. The van der Waals surface area contributed by atoms with Crippen LogP contribution in [0.4, 0.5) is 11.5 Å². The largest absolute Gasteiger partial charge is 0.389 e. The zero-order chi connectivity index (χ0) is 12.3. The highest BCUT2D eigenvalue weighted by molar-refractivity contribution is 5.56. The zero-order valence-corrected chi connectivity index (χ0v) is 10.0. The molecule has 0 spiro atoms. The first-order valence-electron chi connectivity index (χ1n) is 5.64. The number of para-hydroxylation sites is 1. The molecule has 1 aromatic heterocycles. The highest BCUT2D eigenvalue weighted by Gasteiger charge is 2.06. The maximum Gasteiger partial charge on any atom is 0.130 e. The Hall–Kier alpha value is -1.87. The standard InChI is InChI=1S/C14H16N2O/c1-10-13(11(2)17)8-9-14(15-10)16-12-6-4-3-5-7-12/h3-9,11,17H,1-2H3,(H,15,16). The monoisotopic (exact) mass is 228 g/mol. The Labute approximate surface area is 101 Å². The van der Waals surface area contributed by atoms with E-state index < -0.39 is 6.10 Å². The third-order valence-corrected chi connectivity index (χ3v) is 2.62. The first-order chi connectivity index (χ1) is 8.16. The van der Waals surface area contributed by atoms with Crippen molar-refractivity contribution in [2.45, 2.75) is 20.0 Å². The van der Waals surface area contributed by atoms with Gasteiger partial charge in [0.15, 0.2) is 0 Å². The molecule has 0 saturated heterocycles. The lowest BCUT2D eigenvalue weighted by atomic mass is 10.1. The van der Waals surface area contributed by atoms with Gasteiger partial charge >= 0.3 is 0 Å². The average Bonchev–Trinajstić information content (AvgIpc) is 2.30.